The van der Waals surface area contributed by atoms with Crippen LogP contribution in [0.1, 0.15) is 54.9 Å². The van der Waals surface area contributed by atoms with Crippen LogP contribution in [-0.2, 0) is 23.9 Å². The summed E-state index contributed by atoms with van der Waals surface area (Å²) in [6.45, 7) is 11.7. The van der Waals surface area contributed by atoms with Crippen LogP contribution in [0.5, 0.6) is 0 Å². The van der Waals surface area contributed by atoms with Crippen molar-refractivity contribution in [1.29, 1.82) is 0 Å². The van der Waals surface area contributed by atoms with Crippen molar-refractivity contribution in [3.8, 4) is 0 Å². The zero-order valence-corrected chi connectivity index (χ0v) is 17.2. The van der Waals surface area contributed by atoms with Gasteiger partial charge < -0.3 is 14.6 Å². The zero-order valence-electron chi connectivity index (χ0n) is 17.2. The quantitative estimate of drug-likeness (QED) is 0.449. The summed E-state index contributed by atoms with van der Waals surface area (Å²) in [7, 11) is 0. The molecule has 0 aromatic rings. The summed E-state index contributed by atoms with van der Waals surface area (Å²) in [5.74, 6) is -1.32. The number of ether oxygens (including phenoxy) is 2. The van der Waals surface area contributed by atoms with E-state index in [1.165, 1.54) is 12.2 Å². The molecule has 150 valence electrons. The van der Waals surface area contributed by atoms with E-state index < -0.39 is 35.2 Å². The Labute approximate surface area is 160 Å². The summed E-state index contributed by atoms with van der Waals surface area (Å²) in [6, 6.07) is 0. The second-order valence-electron chi connectivity index (χ2n) is 8.54. The molecule has 0 aromatic carbocycles. The van der Waals surface area contributed by atoms with Crippen LogP contribution < -0.4 is 0 Å². The highest BCUT2D eigenvalue weighted by Gasteiger charge is 2.46. The molecule has 1 atom stereocenters. The van der Waals surface area contributed by atoms with Crippen molar-refractivity contribution in [2.24, 2.45) is 5.41 Å². The van der Waals surface area contributed by atoms with E-state index in [9.17, 15) is 19.5 Å². The van der Waals surface area contributed by atoms with Crippen molar-refractivity contribution in [3.63, 3.8) is 0 Å². The smallest absolute Gasteiger partial charge is 0.344 e. The Morgan fingerprint density at radius 3 is 2.41 bits per heavy atom. The van der Waals surface area contributed by atoms with Gasteiger partial charge in [-0.15, -0.1) is 0 Å². The van der Waals surface area contributed by atoms with Crippen LogP contribution in [0.25, 0.3) is 0 Å². The lowest BCUT2D eigenvalue weighted by atomic mass is 9.64. The number of carbonyl (C=O) groups is 3. The molecule has 0 aliphatic heterocycles. The van der Waals surface area contributed by atoms with E-state index in [2.05, 4.69) is 0 Å². The number of hydrogen-bond acceptors (Lipinski definition) is 6. The minimum Gasteiger partial charge on any atom is -0.457 e. The molecule has 1 rings (SSSR count). The Morgan fingerprint density at radius 2 is 1.89 bits per heavy atom. The standard InChI is InChI=1S/C21H30O6/c1-14(10-17(23)26-13-18(24)27-19(3,4)5)8-9-21(25)15(2)11-16(22)12-20(21,6)7/h8-11,25H,12-13H2,1-7H3/b9-8+,14-10-. The highest BCUT2D eigenvalue weighted by Crippen LogP contribution is 2.44. The number of rotatable bonds is 5. The lowest BCUT2D eigenvalue weighted by Gasteiger charge is -2.44. The minimum absolute atomic E-state index is 0.0199. The van der Waals surface area contributed by atoms with Gasteiger partial charge in [0.1, 0.15) is 11.2 Å². The lowest BCUT2D eigenvalue weighted by molar-refractivity contribution is -0.164. The summed E-state index contributed by atoms with van der Waals surface area (Å²) in [4.78, 5) is 35.1. The highest BCUT2D eigenvalue weighted by atomic mass is 16.6. The number of hydrogen-bond donors (Lipinski definition) is 1. The molecule has 1 N–H and O–H groups in total. The molecule has 0 bridgehead atoms. The van der Waals surface area contributed by atoms with Crippen molar-refractivity contribution < 1.29 is 29.0 Å². The predicted molar refractivity (Wildman–Crippen MR) is 102 cm³/mol. The molecule has 0 saturated carbocycles. The van der Waals surface area contributed by atoms with Crippen LogP contribution >= 0.6 is 0 Å². The lowest BCUT2D eigenvalue weighted by Crippen LogP contribution is -2.48. The van der Waals surface area contributed by atoms with E-state index in [4.69, 9.17) is 9.47 Å². The van der Waals surface area contributed by atoms with E-state index in [-0.39, 0.29) is 12.2 Å². The Morgan fingerprint density at radius 1 is 1.30 bits per heavy atom. The van der Waals surface area contributed by atoms with Gasteiger partial charge in [-0.25, -0.2) is 9.59 Å². The molecule has 1 aliphatic rings. The first-order valence-corrected chi connectivity index (χ1v) is 8.86. The third-order valence-corrected chi connectivity index (χ3v) is 4.31. The van der Waals surface area contributed by atoms with Gasteiger partial charge in [0.25, 0.3) is 0 Å². The van der Waals surface area contributed by atoms with Crippen molar-refractivity contribution >= 4 is 17.7 Å². The first kappa shape index (κ1) is 22.8. The molecule has 0 radical (unpaired) electrons. The second-order valence-corrected chi connectivity index (χ2v) is 8.54. The highest BCUT2D eigenvalue weighted by molar-refractivity contribution is 5.92. The Bertz CT molecular complexity index is 703. The molecular weight excluding hydrogens is 348 g/mol. The number of esters is 2. The number of ketones is 1. The van der Waals surface area contributed by atoms with E-state index in [0.29, 0.717) is 11.1 Å². The molecule has 0 spiro atoms. The molecule has 6 nitrogen and oxygen atoms in total. The summed E-state index contributed by atoms with van der Waals surface area (Å²) in [5, 5.41) is 11.0. The SMILES string of the molecule is CC1=CC(=O)CC(C)(C)C1(O)/C=C/C(C)=C\C(=O)OCC(=O)OC(C)(C)C. The molecule has 0 fully saturated rings. The molecule has 6 heteroatoms. The largest absolute Gasteiger partial charge is 0.457 e. The monoisotopic (exact) mass is 378 g/mol. The third kappa shape index (κ3) is 6.47. The van der Waals surface area contributed by atoms with Gasteiger partial charge in [0.2, 0.25) is 0 Å². The number of carbonyl (C=O) groups excluding carboxylic acids is 3. The van der Waals surface area contributed by atoms with Crippen LogP contribution in [0.4, 0.5) is 0 Å². The molecular formula is C21H30O6. The van der Waals surface area contributed by atoms with Gasteiger partial charge in [0, 0.05) is 17.9 Å². The number of aliphatic hydroxyl groups is 1. The summed E-state index contributed by atoms with van der Waals surface area (Å²) >= 11 is 0. The topological polar surface area (TPSA) is 89.9 Å². The van der Waals surface area contributed by atoms with Crippen molar-refractivity contribution in [2.45, 2.75) is 66.1 Å². The van der Waals surface area contributed by atoms with Gasteiger partial charge in [-0.05, 0) is 57.9 Å². The van der Waals surface area contributed by atoms with Crippen LogP contribution in [-0.4, -0.2) is 40.6 Å². The van der Waals surface area contributed by atoms with Crippen molar-refractivity contribution in [2.75, 3.05) is 6.61 Å². The average molecular weight is 378 g/mol. The fraction of sp³-hybridized carbons (Fsp3) is 0.571. The van der Waals surface area contributed by atoms with Gasteiger partial charge in [0.15, 0.2) is 12.4 Å². The van der Waals surface area contributed by atoms with Gasteiger partial charge >= 0.3 is 11.9 Å². The van der Waals surface area contributed by atoms with E-state index in [0.717, 1.165) is 0 Å². The fourth-order valence-corrected chi connectivity index (χ4v) is 2.89. The van der Waals surface area contributed by atoms with Crippen LogP contribution in [0.2, 0.25) is 0 Å². The van der Waals surface area contributed by atoms with Gasteiger partial charge in [-0.2, -0.15) is 0 Å². The molecule has 0 amide bonds. The second kappa shape index (κ2) is 8.21. The van der Waals surface area contributed by atoms with E-state index >= 15 is 0 Å². The van der Waals surface area contributed by atoms with Crippen molar-refractivity contribution in [1.82, 2.24) is 0 Å². The molecule has 0 heterocycles. The maximum Gasteiger partial charge on any atom is 0.344 e. The van der Waals surface area contributed by atoms with Gasteiger partial charge in [0.05, 0.1) is 0 Å². The Hall–Kier alpha value is -2.21. The maximum absolute atomic E-state index is 11.8. The molecule has 1 aliphatic carbocycles. The maximum atomic E-state index is 11.8. The predicted octanol–water partition coefficient (Wildman–Crippen LogP) is 3.05. The summed E-state index contributed by atoms with van der Waals surface area (Å²) < 4.78 is 9.93. The Balaban J connectivity index is 2.78. The zero-order chi connectivity index (χ0) is 21.0. The first-order valence-electron chi connectivity index (χ1n) is 8.86. The van der Waals surface area contributed by atoms with Gasteiger partial charge in [-0.1, -0.05) is 19.9 Å². The van der Waals surface area contributed by atoms with Crippen molar-refractivity contribution in [3.05, 3.63) is 35.5 Å². The fourth-order valence-electron chi connectivity index (χ4n) is 2.89. The average Bonchev–Trinajstić information content (AvgIpc) is 2.46. The van der Waals surface area contributed by atoms with Crippen LogP contribution in [0.15, 0.2) is 35.5 Å². The minimum atomic E-state index is -1.30. The third-order valence-electron chi connectivity index (χ3n) is 4.31. The van der Waals surface area contributed by atoms with E-state index in [1.54, 1.807) is 46.8 Å². The van der Waals surface area contributed by atoms with E-state index in [1.807, 2.05) is 13.8 Å². The first-order chi connectivity index (χ1) is 12.2. The Kier molecular flexibility index (Phi) is 6.94. The summed E-state index contributed by atoms with van der Waals surface area (Å²) in [6.07, 6.45) is 6.09. The normalized spacial score (nSPS) is 23.2. The summed E-state index contributed by atoms with van der Waals surface area (Å²) in [5.41, 5.74) is -1.52. The molecule has 27 heavy (non-hydrogen) atoms. The van der Waals surface area contributed by atoms with Crippen LogP contribution in [0, 0.1) is 5.41 Å². The molecule has 0 aromatic heterocycles. The molecule has 1 unspecified atom stereocenters. The van der Waals surface area contributed by atoms with Crippen LogP contribution in [0.3, 0.4) is 0 Å². The molecule has 0 saturated heterocycles. The van der Waals surface area contributed by atoms with Gasteiger partial charge in [-0.3, -0.25) is 4.79 Å². The number of allylic oxidation sites excluding steroid dienone is 3.